The number of methoxy groups -OCH3 is 1. The fourth-order valence-corrected chi connectivity index (χ4v) is 1.72. The lowest BCUT2D eigenvalue weighted by molar-refractivity contribution is -0.910. The molecule has 0 N–H and O–H groups in total. The van der Waals surface area contributed by atoms with E-state index in [2.05, 4.69) is 7.05 Å². The SMILES string of the molecule is CCOCC[N+](C)(CCOCC)CCOCCOC. The van der Waals surface area contributed by atoms with Gasteiger partial charge in [-0.1, -0.05) is 0 Å². The van der Waals surface area contributed by atoms with E-state index < -0.39 is 0 Å². The summed E-state index contributed by atoms with van der Waals surface area (Å²) in [7, 11) is 3.92. The zero-order valence-corrected chi connectivity index (χ0v) is 13.2. The highest BCUT2D eigenvalue weighted by Crippen LogP contribution is 2.03. The van der Waals surface area contributed by atoms with Gasteiger partial charge in [0.05, 0.1) is 40.1 Å². The van der Waals surface area contributed by atoms with Crippen molar-refractivity contribution in [2.75, 3.05) is 80.0 Å². The molecule has 5 nitrogen and oxygen atoms in total. The average molecular weight is 278 g/mol. The van der Waals surface area contributed by atoms with Gasteiger partial charge in [-0.3, -0.25) is 0 Å². The Morgan fingerprint density at radius 2 is 1.16 bits per heavy atom. The van der Waals surface area contributed by atoms with E-state index in [0.29, 0.717) is 13.2 Å². The van der Waals surface area contributed by atoms with Crippen LogP contribution in [0.25, 0.3) is 0 Å². The first-order valence-electron chi connectivity index (χ1n) is 7.24. The van der Waals surface area contributed by atoms with Crippen LogP contribution in [-0.4, -0.2) is 84.5 Å². The molecule has 0 bridgehead atoms. The molecule has 0 aliphatic rings. The summed E-state index contributed by atoms with van der Waals surface area (Å²) >= 11 is 0. The summed E-state index contributed by atoms with van der Waals surface area (Å²) in [5.41, 5.74) is 0. The molecule has 0 aliphatic carbocycles. The van der Waals surface area contributed by atoms with Crippen LogP contribution in [0.3, 0.4) is 0 Å². The third kappa shape index (κ3) is 11.3. The van der Waals surface area contributed by atoms with Crippen LogP contribution in [0.1, 0.15) is 13.8 Å². The highest BCUT2D eigenvalue weighted by Gasteiger charge is 2.20. The maximum absolute atomic E-state index is 5.56. The van der Waals surface area contributed by atoms with Crippen LogP contribution in [0.2, 0.25) is 0 Å². The Balaban J connectivity index is 3.92. The minimum Gasteiger partial charge on any atom is -0.382 e. The van der Waals surface area contributed by atoms with Gasteiger partial charge in [0.15, 0.2) is 0 Å². The standard InChI is InChI=1S/C14H32NO4/c1-5-17-10-7-15(3,8-11-18-6-2)9-12-19-14-13-16-4/h5-14H2,1-4H3/q+1. The van der Waals surface area contributed by atoms with Crippen molar-refractivity contribution in [3.63, 3.8) is 0 Å². The molecular weight excluding hydrogens is 246 g/mol. The normalized spacial score (nSPS) is 12.0. The Bertz CT molecular complexity index is 180. The van der Waals surface area contributed by atoms with Gasteiger partial charge in [-0.25, -0.2) is 0 Å². The van der Waals surface area contributed by atoms with Crippen LogP contribution in [0, 0.1) is 0 Å². The molecule has 0 aromatic rings. The summed E-state index contributed by atoms with van der Waals surface area (Å²) < 4.78 is 22.4. The molecular formula is C14H32NO4+. The number of rotatable bonds is 14. The molecule has 0 aliphatic heterocycles. The van der Waals surface area contributed by atoms with E-state index in [1.807, 2.05) is 13.8 Å². The summed E-state index contributed by atoms with van der Waals surface area (Å²) in [5.74, 6) is 0. The molecule has 0 unspecified atom stereocenters. The third-order valence-electron chi connectivity index (χ3n) is 3.17. The van der Waals surface area contributed by atoms with E-state index in [1.54, 1.807) is 7.11 Å². The molecule has 0 fully saturated rings. The number of nitrogens with zero attached hydrogens (tertiary/aromatic N) is 1. The van der Waals surface area contributed by atoms with Gasteiger partial charge in [0.2, 0.25) is 0 Å². The van der Waals surface area contributed by atoms with Crippen LogP contribution in [0.4, 0.5) is 0 Å². The van der Waals surface area contributed by atoms with Crippen molar-refractivity contribution >= 4 is 0 Å². The minimum atomic E-state index is 0.654. The highest BCUT2D eigenvalue weighted by atomic mass is 16.5. The first kappa shape index (κ1) is 18.8. The number of quaternary nitrogens is 1. The maximum Gasteiger partial charge on any atom is 0.102 e. The van der Waals surface area contributed by atoms with Gasteiger partial charge in [-0.2, -0.15) is 0 Å². The second-order valence-electron chi connectivity index (χ2n) is 4.79. The van der Waals surface area contributed by atoms with Crippen LogP contribution in [0.15, 0.2) is 0 Å². The van der Waals surface area contributed by atoms with Crippen molar-refractivity contribution < 1.29 is 23.4 Å². The van der Waals surface area contributed by atoms with Gasteiger partial charge in [-0.15, -0.1) is 0 Å². The summed E-state index contributed by atoms with van der Waals surface area (Å²) in [6.07, 6.45) is 0. The van der Waals surface area contributed by atoms with Crippen molar-refractivity contribution in [1.29, 1.82) is 0 Å². The van der Waals surface area contributed by atoms with Crippen molar-refractivity contribution in [2.45, 2.75) is 13.8 Å². The van der Waals surface area contributed by atoms with Crippen LogP contribution >= 0.6 is 0 Å². The molecule has 0 radical (unpaired) electrons. The van der Waals surface area contributed by atoms with E-state index in [9.17, 15) is 0 Å². The zero-order valence-electron chi connectivity index (χ0n) is 13.2. The van der Waals surface area contributed by atoms with E-state index in [0.717, 1.165) is 57.2 Å². The molecule has 116 valence electrons. The molecule has 0 spiro atoms. The predicted molar refractivity (Wildman–Crippen MR) is 76.5 cm³/mol. The topological polar surface area (TPSA) is 36.9 Å². The molecule has 0 saturated heterocycles. The zero-order chi connectivity index (χ0) is 14.4. The molecule has 0 saturated carbocycles. The molecule has 0 aromatic carbocycles. The van der Waals surface area contributed by atoms with Gasteiger partial charge in [0.1, 0.15) is 19.6 Å². The Morgan fingerprint density at radius 1 is 0.684 bits per heavy atom. The van der Waals surface area contributed by atoms with Crippen molar-refractivity contribution in [3.05, 3.63) is 0 Å². The van der Waals surface area contributed by atoms with Gasteiger partial charge < -0.3 is 23.4 Å². The lowest BCUT2D eigenvalue weighted by Crippen LogP contribution is -2.50. The van der Waals surface area contributed by atoms with E-state index >= 15 is 0 Å². The van der Waals surface area contributed by atoms with Crippen molar-refractivity contribution in [2.24, 2.45) is 0 Å². The van der Waals surface area contributed by atoms with Gasteiger partial charge in [-0.05, 0) is 13.8 Å². The monoisotopic (exact) mass is 278 g/mol. The number of likely N-dealkylation sites (N-methyl/N-ethyl adjacent to an activating group) is 1. The fraction of sp³-hybridized carbons (Fsp3) is 1.00. The Hall–Kier alpha value is -0.200. The largest absolute Gasteiger partial charge is 0.382 e. The number of hydrogen-bond acceptors (Lipinski definition) is 4. The molecule has 0 aromatic heterocycles. The van der Waals surface area contributed by atoms with Crippen LogP contribution < -0.4 is 0 Å². The number of hydrogen-bond donors (Lipinski definition) is 0. The van der Waals surface area contributed by atoms with Gasteiger partial charge in [0.25, 0.3) is 0 Å². The molecule has 0 atom stereocenters. The fourth-order valence-electron chi connectivity index (χ4n) is 1.72. The number of ether oxygens (including phenoxy) is 4. The van der Waals surface area contributed by atoms with Gasteiger partial charge in [0, 0.05) is 20.3 Å². The Kier molecular flexibility index (Phi) is 12.7. The van der Waals surface area contributed by atoms with Crippen molar-refractivity contribution in [3.8, 4) is 0 Å². The third-order valence-corrected chi connectivity index (χ3v) is 3.17. The highest BCUT2D eigenvalue weighted by molar-refractivity contribution is 4.42. The summed E-state index contributed by atoms with van der Waals surface area (Å²) in [4.78, 5) is 0. The van der Waals surface area contributed by atoms with Crippen LogP contribution in [-0.2, 0) is 18.9 Å². The smallest absolute Gasteiger partial charge is 0.102 e. The average Bonchev–Trinajstić information content (AvgIpc) is 2.39. The molecule has 0 amide bonds. The van der Waals surface area contributed by atoms with E-state index in [4.69, 9.17) is 18.9 Å². The van der Waals surface area contributed by atoms with E-state index in [-0.39, 0.29) is 0 Å². The summed E-state index contributed by atoms with van der Waals surface area (Å²) in [6, 6.07) is 0. The molecule has 19 heavy (non-hydrogen) atoms. The maximum atomic E-state index is 5.56. The second-order valence-corrected chi connectivity index (χ2v) is 4.79. The predicted octanol–water partition coefficient (Wildman–Crippen LogP) is 1.17. The lowest BCUT2D eigenvalue weighted by atomic mass is 10.3. The first-order valence-corrected chi connectivity index (χ1v) is 7.24. The van der Waals surface area contributed by atoms with E-state index in [1.165, 1.54) is 0 Å². The molecule has 0 rings (SSSR count). The molecule has 5 heteroatoms. The van der Waals surface area contributed by atoms with Gasteiger partial charge >= 0.3 is 0 Å². The summed E-state index contributed by atoms with van der Waals surface area (Å²) in [5, 5.41) is 0. The molecule has 0 heterocycles. The second kappa shape index (κ2) is 12.8. The quantitative estimate of drug-likeness (QED) is 0.353. The Morgan fingerprint density at radius 3 is 1.58 bits per heavy atom. The summed E-state index contributed by atoms with van der Waals surface area (Å²) in [6.45, 7) is 12.2. The van der Waals surface area contributed by atoms with Crippen LogP contribution in [0.5, 0.6) is 0 Å². The van der Waals surface area contributed by atoms with Crippen molar-refractivity contribution in [1.82, 2.24) is 0 Å². The Labute approximate surface area is 118 Å². The first-order chi connectivity index (χ1) is 9.18. The minimum absolute atomic E-state index is 0.654. The lowest BCUT2D eigenvalue weighted by Gasteiger charge is -2.34.